The molecule has 0 spiro atoms. The highest BCUT2D eigenvalue weighted by atomic mass is 32.1. The Morgan fingerprint density at radius 1 is 1.14 bits per heavy atom. The molecule has 1 aliphatic heterocycles. The van der Waals surface area contributed by atoms with Crippen LogP contribution < -0.4 is 4.74 Å². The van der Waals surface area contributed by atoms with Gasteiger partial charge in [0, 0.05) is 22.2 Å². The molecule has 0 saturated heterocycles. The normalized spacial score (nSPS) is 21.0. The lowest BCUT2D eigenvalue weighted by Crippen LogP contribution is -2.18. The molecule has 1 unspecified atom stereocenters. The van der Waals surface area contributed by atoms with Crippen molar-refractivity contribution in [2.45, 2.75) is 25.6 Å². The summed E-state index contributed by atoms with van der Waals surface area (Å²) in [5.74, 6) is 0.805. The number of thiophene rings is 1. The third-order valence-electron chi connectivity index (χ3n) is 4.09. The minimum atomic E-state index is -0.461. The largest absolute Gasteiger partial charge is 0.485 e. The number of hydrogen-bond acceptors (Lipinski definition) is 3. The minimum absolute atomic E-state index is 0.0774. The first-order chi connectivity index (χ1) is 10.2. The van der Waals surface area contributed by atoms with Gasteiger partial charge in [0.25, 0.3) is 0 Å². The molecule has 106 valence electrons. The number of ether oxygens (including phenoxy) is 1. The molecular weight excluding hydrogens is 280 g/mol. The van der Waals surface area contributed by atoms with Gasteiger partial charge in [-0.05, 0) is 35.9 Å². The van der Waals surface area contributed by atoms with Crippen LogP contribution in [0.4, 0.5) is 0 Å². The van der Waals surface area contributed by atoms with Crippen molar-refractivity contribution in [3.05, 3.63) is 64.5 Å². The maximum Gasteiger partial charge on any atom is 0.128 e. The first-order valence-corrected chi connectivity index (χ1v) is 8.02. The molecule has 21 heavy (non-hydrogen) atoms. The molecule has 2 aromatic carbocycles. The lowest BCUT2D eigenvalue weighted by molar-refractivity contribution is 0.0665. The van der Waals surface area contributed by atoms with Gasteiger partial charge >= 0.3 is 0 Å². The summed E-state index contributed by atoms with van der Waals surface area (Å²) in [6.45, 7) is 2.03. The molecule has 0 saturated carbocycles. The highest BCUT2D eigenvalue weighted by Gasteiger charge is 2.29. The van der Waals surface area contributed by atoms with Gasteiger partial charge in [0.1, 0.15) is 11.9 Å². The standard InChI is InChI=1S/C18H16O2S/c1-11-6-7-16-13(8-11)15(19)9-17(20-16)14-10-21-18-5-3-2-4-12(14)18/h2-8,10,15,17,19H,9H2,1H3/t15-,17?/m1/s1. The zero-order chi connectivity index (χ0) is 14.4. The molecule has 4 rings (SSSR count). The lowest BCUT2D eigenvalue weighted by atomic mass is 9.94. The Balaban J connectivity index is 1.76. The van der Waals surface area contributed by atoms with Gasteiger partial charge < -0.3 is 9.84 Å². The number of aliphatic hydroxyl groups excluding tert-OH is 1. The van der Waals surface area contributed by atoms with Gasteiger partial charge in [0.05, 0.1) is 6.10 Å². The number of aliphatic hydroxyl groups is 1. The number of benzene rings is 2. The third-order valence-corrected chi connectivity index (χ3v) is 5.07. The Morgan fingerprint density at radius 3 is 2.90 bits per heavy atom. The quantitative estimate of drug-likeness (QED) is 0.701. The smallest absolute Gasteiger partial charge is 0.128 e. The average molecular weight is 296 g/mol. The van der Waals surface area contributed by atoms with E-state index in [1.165, 1.54) is 15.6 Å². The summed E-state index contributed by atoms with van der Waals surface area (Å²) in [5.41, 5.74) is 3.24. The van der Waals surface area contributed by atoms with E-state index >= 15 is 0 Å². The van der Waals surface area contributed by atoms with Crippen LogP contribution in [0.25, 0.3) is 10.1 Å². The summed E-state index contributed by atoms with van der Waals surface area (Å²) in [7, 11) is 0. The molecule has 0 bridgehead atoms. The topological polar surface area (TPSA) is 29.5 Å². The van der Waals surface area contributed by atoms with Crippen molar-refractivity contribution in [3.63, 3.8) is 0 Å². The van der Waals surface area contributed by atoms with E-state index in [4.69, 9.17) is 4.74 Å². The summed E-state index contributed by atoms with van der Waals surface area (Å²) in [5, 5.41) is 13.8. The van der Waals surface area contributed by atoms with Crippen LogP contribution in [0.1, 0.15) is 35.3 Å². The van der Waals surface area contributed by atoms with Gasteiger partial charge in [0.15, 0.2) is 0 Å². The van der Waals surface area contributed by atoms with E-state index in [-0.39, 0.29) is 6.10 Å². The highest BCUT2D eigenvalue weighted by Crippen LogP contribution is 2.43. The summed E-state index contributed by atoms with van der Waals surface area (Å²) >= 11 is 1.73. The van der Waals surface area contributed by atoms with Gasteiger partial charge in [-0.25, -0.2) is 0 Å². The Labute approximate surface area is 127 Å². The molecule has 0 fully saturated rings. The summed E-state index contributed by atoms with van der Waals surface area (Å²) in [6.07, 6.45) is 0.0700. The fraction of sp³-hybridized carbons (Fsp3) is 0.222. The van der Waals surface area contributed by atoms with Crippen molar-refractivity contribution >= 4 is 21.4 Å². The molecule has 0 amide bonds. The zero-order valence-electron chi connectivity index (χ0n) is 11.7. The monoisotopic (exact) mass is 296 g/mol. The van der Waals surface area contributed by atoms with Crippen molar-refractivity contribution in [3.8, 4) is 5.75 Å². The molecule has 2 atom stereocenters. The molecule has 2 nitrogen and oxygen atoms in total. The number of fused-ring (bicyclic) bond motifs is 2. The molecule has 3 aromatic rings. The SMILES string of the molecule is Cc1ccc2c(c1)[C@H](O)CC(c1csc3ccccc13)O2. The second-order valence-corrected chi connectivity index (χ2v) is 6.50. The fourth-order valence-corrected chi connectivity index (χ4v) is 4.01. The average Bonchev–Trinajstić information content (AvgIpc) is 2.92. The van der Waals surface area contributed by atoms with Crippen LogP contribution in [-0.2, 0) is 0 Å². The van der Waals surface area contributed by atoms with Gasteiger partial charge in [-0.15, -0.1) is 11.3 Å². The molecule has 0 radical (unpaired) electrons. The zero-order valence-corrected chi connectivity index (χ0v) is 12.6. The Hall–Kier alpha value is -1.84. The highest BCUT2D eigenvalue weighted by molar-refractivity contribution is 7.17. The Kier molecular flexibility index (Phi) is 2.98. The van der Waals surface area contributed by atoms with E-state index in [1.807, 2.05) is 25.1 Å². The van der Waals surface area contributed by atoms with Crippen LogP contribution >= 0.6 is 11.3 Å². The molecule has 1 aliphatic rings. The predicted molar refractivity (Wildman–Crippen MR) is 85.9 cm³/mol. The summed E-state index contributed by atoms with van der Waals surface area (Å²) < 4.78 is 7.42. The van der Waals surface area contributed by atoms with Crippen molar-refractivity contribution in [2.24, 2.45) is 0 Å². The number of hydrogen-bond donors (Lipinski definition) is 1. The lowest BCUT2D eigenvalue weighted by Gasteiger charge is -2.30. The summed E-state index contributed by atoms with van der Waals surface area (Å²) in [4.78, 5) is 0. The van der Waals surface area contributed by atoms with Crippen LogP contribution in [0, 0.1) is 6.92 Å². The third kappa shape index (κ3) is 2.13. The Bertz CT molecular complexity index is 806. The maximum atomic E-state index is 10.5. The first kappa shape index (κ1) is 12.9. The van der Waals surface area contributed by atoms with E-state index in [1.54, 1.807) is 11.3 Å². The Morgan fingerprint density at radius 2 is 2.00 bits per heavy atom. The molecule has 1 N–H and O–H groups in total. The van der Waals surface area contributed by atoms with Crippen LogP contribution in [0.15, 0.2) is 47.8 Å². The van der Waals surface area contributed by atoms with Crippen LogP contribution in [0.3, 0.4) is 0 Å². The molecule has 1 aromatic heterocycles. The fourth-order valence-electron chi connectivity index (χ4n) is 3.00. The second-order valence-electron chi connectivity index (χ2n) is 5.59. The molecule has 3 heteroatoms. The van der Waals surface area contributed by atoms with E-state index in [0.717, 1.165) is 16.9 Å². The summed E-state index contributed by atoms with van der Waals surface area (Å²) in [6, 6.07) is 14.4. The van der Waals surface area contributed by atoms with Gasteiger partial charge in [-0.1, -0.05) is 29.8 Å². The van der Waals surface area contributed by atoms with Gasteiger partial charge in [-0.2, -0.15) is 0 Å². The van der Waals surface area contributed by atoms with E-state index < -0.39 is 6.10 Å². The first-order valence-electron chi connectivity index (χ1n) is 7.14. The molecule has 2 heterocycles. The minimum Gasteiger partial charge on any atom is -0.485 e. The van der Waals surface area contributed by atoms with Crippen LogP contribution in [-0.4, -0.2) is 5.11 Å². The van der Waals surface area contributed by atoms with E-state index in [9.17, 15) is 5.11 Å². The van der Waals surface area contributed by atoms with Crippen LogP contribution in [0.2, 0.25) is 0 Å². The van der Waals surface area contributed by atoms with Gasteiger partial charge in [0.2, 0.25) is 0 Å². The maximum absolute atomic E-state index is 10.5. The van der Waals surface area contributed by atoms with Crippen molar-refractivity contribution in [1.82, 2.24) is 0 Å². The van der Waals surface area contributed by atoms with E-state index in [2.05, 4.69) is 29.6 Å². The predicted octanol–water partition coefficient (Wildman–Crippen LogP) is 4.77. The van der Waals surface area contributed by atoms with Crippen molar-refractivity contribution < 1.29 is 9.84 Å². The molecular formula is C18H16O2S. The van der Waals surface area contributed by atoms with Crippen molar-refractivity contribution in [1.29, 1.82) is 0 Å². The molecule has 0 aliphatic carbocycles. The second kappa shape index (κ2) is 4.86. The van der Waals surface area contributed by atoms with Crippen molar-refractivity contribution in [2.75, 3.05) is 0 Å². The van der Waals surface area contributed by atoms with Crippen LogP contribution in [0.5, 0.6) is 5.75 Å². The van der Waals surface area contributed by atoms with E-state index in [0.29, 0.717) is 6.42 Å². The van der Waals surface area contributed by atoms with Gasteiger partial charge in [-0.3, -0.25) is 0 Å². The number of aryl methyl sites for hydroxylation is 1. The number of rotatable bonds is 1.